The van der Waals surface area contributed by atoms with E-state index in [4.69, 9.17) is 18.9 Å². The minimum absolute atomic E-state index is 0.00490. The lowest BCUT2D eigenvalue weighted by Gasteiger charge is -2.28. The Morgan fingerprint density at radius 3 is 1.95 bits per heavy atom. The zero-order valence-corrected chi connectivity index (χ0v) is 36.8. The van der Waals surface area contributed by atoms with Crippen LogP contribution < -0.4 is 20.9 Å². The van der Waals surface area contributed by atoms with Crippen LogP contribution in [0.2, 0.25) is 0 Å². The monoisotopic (exact) mass is 911 g/mol. The molecule has 0 bridgehead atoms. The summed E-state index contributed by atoms with van der Waals surface area (Å²) >= 11 is 0. The average Bonchev–Trinajstić information content (AvgIpc) is 3.32. The molecule has 0 aliphatic rings. The van der Waals surface area contributed by atoms with Gasteiger partial charge in [-0.25, -0.2) is 0 Å². The first-order chi connectivity index (χ1) is 31.3. The number of aliphatic hydroxyl groups excluding tert-OH is 3. The summed E-state index contributed by atoms with van der Waals surface area (Å²) in [6.07, 6.45) is -1.64. The van der Waals surface area contributed by atoms with Gasteiger partial charge in [-0.1, -0.05) is 24.3 Å². The van der Waals surface area contributed by atoms with E-state index in [0.29, 0.717) is 80.6 Å². The normalized spacial score (nSPS) is 11.6. The molecule has 1 aromatic heterocycles. The van der Waals surface area contributed by atoms with E-state index < -0.39 is 48.9 Å². The lowest BCUT2D eigenvalue weighted by Crippen LogP contribution is -2.57. The second-order valence-corrected chi connectivity index (χ2v) is 15.0. The summed E-state index contributed by atoms with van der Waals surface area (Å²) < 4.78 is 61.8. The molecule has 0 aliphatic heterocycles. The van der Waals surface area contributed by atoms with Gasteiger partial charge >= 0.3 is 6.18 Å². The predicted octanol–water partition coefficient (Wildman–Crippen LogP) is 5.02. The summed E-state index contributed by atoms with van der Waals surface area (Å²) in [5.41, 5.74) is 2.07. The summed E-state index contributed by atoms with van der Waals surface area (Å²) in [7, 11) is 0. The third kappa shape index (κ3) is 17.1. The zero-order chi connectivity index (χ0) is 47.1. The third-order valence-electron chi connectivity index (χ3n) is 10.2. The molecule has 4 rings (SSSR count). The van der Waals surface area contributed by atoms with Gasteiger partial charge < -0.3 is 55.1 Å². The van der Waals surface area contributed by atoms with E-state index in [-0.39, 0.29) is 37.6 Å². The highest BCUT2D eigenvalue weighted by Crippen LogP contribution is 2.33. The molecular formula is C47H60F3N5O10. The first-order valence-corrected chi connectivity index (χ1v) is 21.5. The van der Waals surface area contributed by atoms with Crippen LogP contribution in [0.4, 0.5) is 24.5 Å². The fourth-order valence-corrected chi connectivity index (χ4v) is 6.49. The van der Waals surface area contributed by atoms with Gasteiger partial charge in [0.05, 0.1) is 83.0 Å². The van der Waals surface area contributed by atoms with E-state index in [0.717, 1.165) is 36.5 Å². The number of hydrogen-bond acceptors (Lipinski definition) is 12. The number of halogens is 3. The maximum Gasteiger partial charge on any atom is 0.416 e. The number of amides is 3. The molecule has 6 N–H and O–H groups in total. The van der Waals surface area contributed by atoms with Gasteiger partial charge in [0.25, 0.3) is 11.8 Å². The van der Waals surface area contributed by atoms with E-state index in [9.17, 15) is 42.9 Å². The van der Waals surface area contributed by atoms with Crippen LogP contribution in [-0.2, 0) is 42.9 Å². The number of benzene rings is 3. The van der Waals surface area contributed by atoms with Crippen molar-refractivity contribution in [2.24, 2.45) is 0 Å². The molecule has 3 amide bonds. The summed E-state index contributed by atoms with van der Waals surface area (Å²) in [4.78, 5) is 45.5. The lowest BCUT2D eigenvalue weighted by atomic mass is 10.0. The number of pyridine rings is 1. The van der Waals surface area contributed by atoms with Gasteiger partial charge in [0, 0.05) is 61.2 Å². The summed E-state index contributed by atoms with van der Waals surface area (Å²) in [5.74, 6) is -1.30. The molecule has 18 heteroatoms. The molecule has 0 radical (unpaired) electrons. The molecule has 0 unspecified atom stereocenters. The van der Waals surface area contributed by atoms with Crippen LogP contribution in [0.1, 0.15) is 64.1 Å². The largest absolute Gasteiger partial charge is 0.416 e. The van der Waals surface area contributed by atoms with Crippen LogP contribution in [0.15, 0.2) is 85.1 Å². The summed E-state index contributed by atoms with van der Waals surface area (Å²) in [5, 5.41) is 36.0. The fourth-order valence-electron chi connectivity index (χ4n) is 6.49. The Morgan fingerprint density at radius 1 is 0.692 bits per heavy atom. The number of anilines is 2. The minimum Gasteiger partial charge on any atom is -0.394 e. The lowest BCUT2D eigenvalue weighted by molar-refractivity contribution is -0.137. The number of nitrogens with one attached hydrogen (secondary N) is 3. The molecule has 0 fully saturated rings. The number of aromatic nitrogens is 1. The van der Waals surface area contributed by atoms with Crippen LogP contribution in [0.25, 0.3) is 11.3 Å². The predicted molar refractivity (Wildman–Crippen MR) is 239 cm³/mol. The van der Waals surface area contributed by atoms with Crippen molar-refractivity contribution in [3.8, 4) is 11.3 Å². The molecule has 0 spiro atoms. The Morgan fingerprint density at radius 2 is 1.31 bits per heavy atom. The number of carbonyl (C=O) groups is 3. The molecule has 3 aromatic carbocycles. The molecule has 15 nitrogen and oxygen atoms in total. The van der Waals surface area contributed by atoms with Crippen molar-refractivity contribution in [1.29, 1.82) is 0 Å². The number of alkyl halides is 3. The summed E-state index contributed by atoms with van der Waals surface area (Å²) in [6, 6.07) is 20.8. The second kappa shape index (κ2) is 27.1. The number of carbonyl (C=O) groups excluding carboxylic acids is 3. The van der Waals surface area contributed by atoms with Crippen LogP contribution >= 0.6 is 0 Å². The van der Waals surface area contributed by atoms with Gasteiger partial charge in [-0.15, -0.1) is 0 Å². The highest BCUT2D eigenvalue weighted by Gasteiger charge is 2.31. The van der Waals surface area contributed by atoms with Gasteiger partial charge in [-0.05, 0) is 92.4 Å². The average molecular weight is 912 g/mol. The molecule has 354 valence electrons. The Hall–Kier alpha value is -5.47. The van der Waals surface area contributed by atoms with Crippen LogP contribution in [-0.4, -0.2) is 129 Å². The highest BCUT2D eigenvalue weighted by atomic mass is 19.4. The highest BCUT2D eigenvalue weighted by molar-refractivity contribution is 6.06. The third-order valence-corrected chi connectivity index (χ3v) is 10.2. The molecule has 0 saturated carbocycles. The van der Waals surface area contributed by atoms with Gasteiger partial charge in [0.15, 0.2) is 0 Å². The van der Waals surface area contributed by atoms with Crippen LogP contribution in [0.3, 0.4) is 0 Å². The van der Waals surface area contributed by atoms with Crippen LogP contribution in [0, 0.1) is 0 Å². The molecule has 4 aromatic rings. The second-order valence-electron chi connectivity index (χ2n) is 15.0. The molecule has 0 atom stereocenters. The van der Waals surface area contributed by atoms with Gasteiger partial charge in [-0.3, -0.25) is 19.4 Å². The van der Waals surface area contributed by atoms with Crippen molar-refractivity contribution in [3.63, 3.8) is 0 Å². The van der Waals surface area contributed by atoms with E-state index in [1.807, 2.05) is 44.2 Å². The number of nitrogens with zero attached hydrogens (tertiary/aromatic N) is 2. The summed E-state index contributed by atoms with van der Waals surface area (Å²) in [6.45, 7) is 6.30. The van der Waals surface area contributed by atoms with Crippen molar-refractivity contribution >= 4 is 29.1 Å². The Bertz CT molecular complexity index is 2090. The van der Waals surface area contributed by atoms with Crippen molar-refractivity contribution in [2.45, 2.75) is 51.4 Å². The zero-order valence-electron chi connectivity index (χ0n) is 36.8. The number of hydrogen-bond donors (Lipinski definition) is 6. The maximum absolute atomic E-state index is 13.7. The van der Waals surface area contributed by atoms with E-state index in [1.54, 1.807) is 18.2 Å². The standard InChI is InChI=1S/C47H60F3N5O10/c1-3-55(4-2)39-13-14-41(40(29-39)42-28-37(15-17-51-42)44(60)52-30-35-9-6-12-38(27-35)47(48,49)50)53-45(61)36-11-5-8-34(26-36)10-7-18-62-20-22-64-24-25-65-23-21-63-19-16-43(59)54-46(31-56,32-57)33-58/h5-6,8-9,11-15,17,26-29,56-58H,3-4,7,10,16,18-25,30-33H2,1-2H3,(H,52,60)(H,53,61)(H,54,59). The van der Waals surface area contributed by atoms with Gasteiger partial charge in [-0.2, -0.15) is 13.2 Å². The topological polar surface area (TPSA) is 201 Å². The Kier molecular flexibility index (Phi) is 21.8. The number of aryl methyl sites for hydroxylation is 1. The minimum atomic E-state index is -4.50. The first-order valence-electron chi connectivity index (χ1n) is 21.5. The number of rotatable bonds is 29. The van der Waals surface area contributed by atoms with Crippen molar-refractivity contribution in [1.82, 2.24) is 15.6 Å². The number of aliphatic hydroxyl groups is 3. The molecule has 1 heterocycles. The molecular weight excluding hydrogens is 852 g/mol. The van der Waals surface area contributed by atoms with Gasteiger partial charge in [0.1, 0.15) is 5.54 Å². The Balaban J connectivity index is 1.21. The van der Waals surface area contributed by atoms with E-state index >= 15 is 0 Å². The van der Waals surface area contributed by atoms with Gasteiger partial charge in [0.2, 0.25) is 5.91 Å². The molecule has 65 heavy (non-hydrogen) atoms. The molecule has 0 saturated heterocycles. The molecule has 0 aliphatic carbocycles. The number of ether oxygens (including phenoxy) is 4. The first kappa shape index (κ1) is 52.2. The van der Waals surface area contributed by atoms with E-state index in [1.165, 1.54) is 24.4 Å². The van der Waals surface area contributed by atoms with Crippen LogP contribution in [0.5, 0.6) is 0 Å². The maximum atomic E-state index is 13.7. The quantitative estimate of drug-likeness (QED) is 0.0399. The fraction of sp³-hybridized carbons (Fsp3) is 0.447. The van der Waals surface area contributed by atoms with Crippen molar-refractivity contribution in [3.05, 3.63) is 113 Å². The smallest absolute Gasteiger partial charge is 0.394 e. The van der Waals surface area contributed by atoms with E-state index in [2.05, 4.69) is 25.8 Å². The van der Waals surface area contributed by atoms with Crippen molar-refractivity contribution < 1.29 is 61.8 Å². The Labute approximate surface area is 377 Å². The van der Waals surface area contributed by atoms with Crippen molar-refractivity contribution in [2.75, 3.05) is 96.0 Å². The SMILES string of the molecule is CCN(CC)c1ccc(NC(=O)c2cccc(CCCOCCOCCOCCOCCC(=O)NC(CO)(CO)CO)c2)c(-c2cc(C(=O)NCc3cccc(C(F)(F)F)c3)ccn2)c1.